The molecule has 1 aromatic carbocycles. The quantitative estimate of drug-likeness (QED) is 0.843. The highest BCUT2D eigenvalue weighted by Gasteiger charge is 2.31. The second kappa shape index (κ2) is 7.42. The smallest absolute Gasteiger partial charge is 0.244 e. The third-order valence-corrected chi connectivity index (χ3v) is 6.40. The van der Waals surface area contributed by atoms with Crippen LogP contribution in [0.25, 0.3) is 0 Å². The highest BCUT2D eigenvalue weighted by Crippen LogP contribution is 2.29. The molecule has 0 aliphatic carbocycles. The fourth-order valence-corrected chi connectivity index (χ4v) is 4.92. The number of piperidine rings is 1. The van der Waals surface area contributed by atoms with E-state index in [0.29, 0.717) is 22.6 Å². The van der Waals surface area contributed by atoms with Crippen molar-refractivity contribution < 1.29 is 8.42 Å². The van der Waals surface area contributed by atoms with Crippen LogP contribution in [-0.4, -0.2) is 38.9 Å². The van der Waals surface area contributed by atoms with Crippen LogP contribution in [0, 0.1) is 0 Å². The minimum Gasteiger partial charge on any atom is -0.316 e. The molecule has 1 fully saturated rings. The lowest BCUT2D eigenvalue weighted by Gasteiger charge is -2.31. The van der Waals surface area contributed by atoms with E-state index in [1.165, 1.54) is 10.4 Å². The molecule has 1 aliphatic rings. The van der Waals surface area contributed by atoms with Crippen molar-refractivity contribution >= 4 is 50.0 Å². The average molecular weight is 404 g/mol. The minimum atomic E-state index is -3.50. The van der Waals surface area contributed by atoms with E-state index in [1.54, 1.807) is 12.1 Å². The summed E-state index contributed by atoms with van der Waals surface area (Å²) in [5.74, 6) is 0. The number of likely N-dealkylation sites (N-methyl/N-ethyl adjacent to an activating group) is 1. The summed E-state index contributed by atoms with van der Waals surface area (Å²) in [6.07, 6.45) is 1.86. The standard InChI is InChI=1S/C12H16BrClN2O2S.ClH/c1-15-10-3-2-6-16(8-10)19(17,18)12-7-9(14)4-5-11(12)13;/h4-5,7,10,15H,2-3,6,8H2,1H3;1H. The van der Waals surface area contributed by atoms with Crippen LogP contribution in [0.2, 0.25) is 5.02 Å². The van der Waals surface area contributed by atoms with Crippen molar-refractivity contribution in [3.05, 3.63) is 27.7 Å². The van der Waals surface area contributed by atoms with E-state index in [-0.39, 0.29) is 23.3 Å². The van der Waals surface area contributed by atoms with Gasteiger partial charge in [0.1, 0.15) is 0 Å². The Morgan fingerprint density at radius 1 is 1.45 bits per heavy atom. The van der Waals surface area contributed by atoms with Crippen molar-refractivity contribution in [2.75, 3.05) is 20.1 Å². The molecule has 1 heterocycles. The second-order valence-corrected chi connectivity index (χ2v) is 7.76. The Morgan fingerprint density at radius 2 is 2.15 bits per heavy atom. The van der Waals surface area contributed by atoms with Crippen LogP contribution in [0.1, 0.15) is 12.8 Å². The lowest BCUT2D eigenvalue weighted by Crippen LogP contribution is -2.46. The summed E-state index contributed by atoms with van der Waals surface area (Å²) in [5, 5.41) is 3.56. The SMILES string of the molecule is CNC1CCCN(S(=O)(=O)c2cc(Cl)ccc2Br)C1.Cl. The lowest BCUT2D eigenvalue weighted by atomic mass is 10.1. The summed E-state index contributed by atoms with van der Waals surface area (Å²) < 4.78 is 27.3. The molecule has 1 aliphatic heterocycles. The minimum absolute atomic E-state index is 0. The number of nitrogens with one attached hydrogen (secondary N) is 1. The fourth-order valence-electron chi connectivity index (χ4n) is 2.21. The van der Waals surface area contributed by atoms with Gasteiger partial charge in [0.15, 0.2) is 0 Å². The molecule has 0 amide bonds. The fraction of sp³-hybridized carbons (Fsp3) is 0.500. The van der Waals surface area contributed by atoms with Gasteiger partial charge in [-0.2, -0.15) is 4.31 Å². The van der Waals surface area contributed by atoms with Gasteiger partial charge in [-0.25, -0.2) is 8.42 Å². The van der Waals surface area contributed by atoms with E-state index in [4.69, 9.17) is 11.6 Å². The van der Waals surface area contributed by atoms with Gasteiger partial charge in [0.25, 0.3) is 0 Å². The van der Waals surface area contributed by atoms with Crippen LogP contribution in [0.3, 0.4) is 0 Å². The molecule has 1 saturated heterocycles. The molecule has 0 saturated carbocycles. The number of hydrogen-bond donors (Lipinski definition) is 1. The van der Waals surface area contributed by atoms with Gasteiger partial charge in [-0.3, -0.25) is 0 Å². The predicted octanol–water partition coefficient (Wildman–Crippen LogP) is 2.90. The summed E-state index contributed by atoms with van der Waals surface area (Å²) in [6.45, 7) is 1.05. The zero-order chi connectivity index (χ0) is 14.0. The highest BCUT2D eigenvalue weighted by atomic mass is 79.9. The number of sulfonamides is 1. The molecule has 114 valence electrons. The van der Waals surface area contributed by atoms with Crippen LogP contribution >= 0.6 is 39.9 Å². The Balaban J connectivity index is 0.00000200. The van der Waals surface area contributed by atoms with Gasteiger partial charge in [0.05, 0.1) is 4.90 Å². The topological polar surface area (TPSA) is 49.4 Å². The van der Waals surface area contributed by atoms with Crippen molar-refractivity contribution in [1.29, 1.82) is 0 Å². The van der Waals surface area contributed by atoms with E-state index >= 15 is 0 Å². The third kappa shape index (κ3) is 3.87. The third-order valence-electron chi connectivity index (χ3n) is 3.30. The Morgan fingerprint density at radius 3 is 2.80 bits per heavy atom. The maximum absolute atomic E-state index is 12.6. The van der Waals surface area contributed by atoms with Crippen molar-refractivity contribution in [3.8, 4) is 0 Å². The van der Waals surface area contributed by atoms with Crippen molar-refractivity contribution in [2.45, 2.75) is 23.8 Å². The molecule has 1 atom stereocenters. The van der Waals surface area contributed by atoms with E-state index in [9.17, 15) is 8.42 Å². The number of rotatable bonds is 3. The molecule has 1 aromatic rings. The van der Waals surface area contributed by atoms with E-state index in [1.807, 2.05) is 7.05 Å². The Kier molecular flexibility index (Phi) is 6.76. The molecule has 1 N–H and O–H groups in total. The second-order valence-electron chi connectivity index (χ2n) is 4.57. The van der Waals surface area contributed by atoms with Crippen LogP contribution in [0.4, 0.5) is 0 Å². The first-order valence-electron chi connectivity index (χ1n) is 6.07. The number of benzene rings is 1. The number of hydrogen-bond acceptors (Lipinski definition) is 3. The monoisotopic (exact) mass is 402 g/mol. The number of halogens is 3. The molecular weight excluding hydrogens is 387 g/mol. The van der Waals surface area contributed by atoms with Gasteiger partial charge in [-0.15, -0.1) is 12.4 Å². The molecular formula is C12H17BrCl2N2O2S. The Hall–Kier alpha value is 0.150. The highest BCUT2D eigenvalue weighted by molar-refractivity contribution is 9.10. The van der Waals surface area contributed by atoms with Crippen molar-refractivity contribution in [1.82, 2.24) is 9.62 Å². The van der Waals surface area contributed by atoms with Gasteiger partial charge in [-0.1, -0.05) is 11.6 Å². The normalized spacial score (nSPS) is 20.4. The molecule has 2 rings (SSSR count). The first kappa shape index (κ1) is 18.2. The van der Waals surface area contributed by atoms with Crippen molar-refractivity contribution in [2.24, 2.45) is 0 Å². The summed E-state index contributed by atoms with van der Waals surface area (Å²) in [6, 6.07) is 5.03. The number of nitrogens with zero attached hydrogens (tertiary/aromatic N) is 1. The van der Waals surface area contributed by atoms with E-state index in [2.05, 4.69) is 21.2 Å². The van der Waals surface area contributed by atoms with Gasteiger partial charge >= 0.3 is 0 Å². The van der Waals surface area contributed by atoms with E-state index in [0.717, 1.165) is 12.8 Å². The zero-order valence-corrected chi connectivity index (χ0v) is 14.9. The molecule has 4 nitrogen and oxygen atoms in total. The van der Waals surface area contributed by atoms with Gasteiger partial charge in [-0.05, 0) is 54.0 Å². The Labute approximate surface area is 139 Å². The maximum Gasteiger partial charge on any atom is 0.244 e. The van der Waals surface area contributed by atoms with Gasteiger partial charge in [0.2, 0.25) is 10.0 Å². The lowest BCUT2D eigenvalue weighted by molar-refractivity contribution is 0.292. The van der Waals surface area contributed by atoms with Crippen LogP contribution in [0.15, 0.2) is 27.6 Å². The van der Waals surface area contributed by atoms with Crippen molar-refractivity contribution in [3.63, 3.8) is 0 Å². The Bertz CT molecular complexity index is 569. The van der Waals surface area contributed by atoms with Crippen LogP contribution in [-0.2, 0) is 10.0 Å². The first-order valence-corrected chi connectivity index (χ1v) is 8.68. The summed E-state index contributed by atoms with van der Waals surface area (Å²) in [5.41, 5.74) is 0. The first-order chi connectivity index (χ1) is 8.95. The van der Waals surface area contributed by atoms with Crippen LogP contribution < -0.4 is 5.32 Å². The summed E-state index contributed by atoms with van der Waals surface area (Å²) in [4.78, 5) is 0.233. The molecule has 0 radical (unpaired) electrons. The molecule has 0 aromatic heterocycles. The van der Waals surface area contributed by atoms with Crippen LogP contribution in [0.5, 0.6) is 0 Å². The maximum atomic E-state index is 12.6. The zero-order valence-electron chi connectivity index (χ0n) is 11.0. The molecule has 0 bridgehead atoms. The molecule has 1 unspecified atom stereocenters. The summed E-state index contributed by atoms with van der Waals surface area (Å²) in [7, 11) is -1.64. The van der Waals surface area contributed by atoms with Gasteiger partial charge in [0, 0.05) is 28.6 Å². The summed E-state index contributed by atoms with van der Waals surface area (Å²) >= 11 is 9.19. The molecule has 0 spiro atoms. The average Bonchev–Trinajstić information content (AvgIpc) is 2.41. The van der Waals surface area contributed by atoms with Gasteiger partial charge < -0.3 is 5.32 Å². The molecule has 20 heavy (non-hydrogen) atoms. The molecule has 8 heteroatoms. The predicted molar refractivity (Wildman–Crippen MR) is 87.2 cm³/mol. The van der Waals surface area contributed by atoms with E-state index < -0.39 is 10.0 Å². The largest absolute Gasteiger partial charge is 0.316 e.